The van der Waals surface area contributed by atoms with Crippen molar-refractivity contribution in [2.45, 2.75) is 57.0 Å². The molecule has 1 aliphatic heterocycles. The lowest BCUT2D eigenvalue weighted by atomic mass is 9.83. The zero-order valence-electron chi connectivity index (χ0n) is 12.1. The predicted octanol–water partition coefficient (Wildman–Crippen LogP) is 3.39. The summed E-state index contributed by atoms with van der Waals surface area (Å²) in [6.07, 6.45) is 5.87. The molecule has 20 heavy (non-hydrogen) atoms. The summed E-state index contributed by atoms with van der Waals surface area (Å²) in [5.41, 5.74) is 2.13. The molecular formula is C17H23NO2. The van der Waals surface area contributed by atoms with Crippen molar-refractivity contribution in [1.29, 1.82) is 0 Å². The van der Waals surface area contributed by atoms with E-state index in [0.29, 0.717) is 12.5 Å². The zero-order chi connectivity index (χ0) is 14.2. The van der Waals surface area contributed by atoms with E-state index in [-0.39, 0.29) is 0 Å². The number of carbonyl (C=O) groups is 1. The molecule has 3 heteroatoms. The minimum atomic E-state index is -0.644. The van der Waals surface area contributed by atoms with E-state index in [1.165, 1.54) is 11.1 Å². The second-order valence-corrected chi connectivity index (χ2v) is 6.09. The number of fused-ring (bicyclic) bond motifs is 1. The first-order valence-corrected chi connectivity index (χ1v) is 7.77. The van der Waals surface area contributed by atoms with Gasteiger partial charge in [-0.1, -0.05) is 31.2 Å². The number of aliphatic carboxylic acids is 1. The van der Waals surface area contributed by atoms with E-state index in [4.69, 9.17) is 0 Å². The Morgan fingerprint density at radius 1 is 1.40 bits per heavy atom. The second kappa shape index (κ2) is 5.21. The fraction of sp³-hybridized carbons (Fsp3) is 0.588. The third-order valence-corrected chi connectivity index (χ3v) is 5.24. The van der Waals surface area contributed by atoms with E-state index in [9.17, 15) is 9.90 Å². The smallest absolute Gasteiger partial charge is 0.324 e. The monoisotopic (exact) mass is 273 g/mol. The van der Waals surface area contributed by atoms with Crippen molar-refractivity contribution < 1.29 is 9.90 Å². The van der Waals surface area contributed by atoms with Gasteiger partial charge in [0.05, 0.1) is 0 Å². The molecule has 0 bridgehead atoms. The molecule has 3 rings (SSSR count). The Labute approximate surface area is 120 Å². The quantitative estimate of drug-likeness (QED) is 0.917. The van der Waals surface area contributed by atoms with Crippen LogP contribution in [0.15, 0.2) is 24.3 Å². The highest BCUT2D eigenvalue weighted by Crippen LogP contribution is 2.44. The molecule has 0 spiro atoms. The molecule has 1 heterocycles. The Hall–Kier alpha value is -1.35. The van der Waals surface area contributed by atoms with Gasteiger partial charge in [-0.2, -0.15) is 0 Å². The first-order valence-electron chi connectivity index (χ1n) is 7.77. The molecule has 2 aliphatic rings. The van der Waals surface area contributed by atoms with E-state index in [0.717, 1.165) is 38.6 Å². The fourth-order valence-electron chi connectivity index (χ4n) is 4.17. The lowest BCUT2D eigenvalue weighted by Gasteiger charge is -2.42. The number of rotatable bonds is 3. The Kier molecular flexibility index (Phi) is 3.55. The molecule has 108 valence electrons. The highest BCUT2D eigenvalue weighted by atomic mass is 16.4. The van der Waals surface area contributed by atoms with Gasteiger partial charge in [0.1, 0.15) is 5.54 Å². The topological polar surface area (TPSA) is 40.5 Å². The normalized spacial score (nSPS) is 30.1. The van der Waals surface area contributed by atoms with Crippen LogP contribution in [-0.4, -0.2) is 28.1 Å². The summed E-state index contributed by atoms with van der Waals surface area (Å²) < 4.78 is 0. The second-order valence-electron chi connectivity index (χ2n) is 6.09. The van der Waals surface area contributed by atoms with Gasteiger partial charge in [0, 0.05) is 6.04 Å². The number of likely N-dealkylation sites (tertiary alicyclic amines) is 1. The summed E-state index contributed by atoms with van der Waals surface area (Å²) in [4.78, 5) is 14.2. The van der Waals surface area contributed by atoms with Crippen LogP contribution in [0, 0.1) is 0 Å². The van der Waals surface area contributed by atoms with Crippen molar-refractivity contribution in [3.8, 4) is 0 Å². The first kappa shape index (κ1) is 13.6. The highest BCUT2D eigenvalue weighted by molar-refractivity contribution is 5.79. The first-order chi connectivity index (χ1) is 9.69. The lowest BCUT2D eigenvalue weighted by Crippen LogP contribution is -2.51. The van der Waals surface area contributed by atoms with Gasteiger partial charge < -0.3 is 5.11 Å². The standard InChI is InChI=1S/C17H23NO2/c1-2-17(16(19)20)11-6-12-18(17)15-10-5-8-13-7-3-4-9-14(13)15/h3-4,7,9,15H,2,5-6,8,10-12H2,1H3,(H,19,20). The van der Waals surface area contributed by atoms with Crippen LogP contribution in [0.25, 0.3) is 0 Å². The van der Waals surface area contributed by atoms with Crippen LogP contribution in [0.2, 0.25) is 0 Å². The van der Waals surface area contributed by atoms with E-state index in [1.807, 2.05) is 6.92 Å². The summed E-state index contributed by atoms with van der Waals surface area (Å²) in [5.74, 6) is -0.638. The molecule has 1 aromatic rings. The molecule has 1 saturated heterocycles. The molecule has 3 nitrogen and oxygen atoms in total. The van der Waals surface area contributed by atoms with Crippen LogP contribution in [-0.2, 0) is 11.2 Å². The van der Waals surface area contributed by atoms with Gasteiger partial charge in [-0.25, -0.2) is 0 Å². The van der Waals surface area contributed by atoms with Crippen molar-refractivity contribution in [3.63, 3.8) is 0 Å². The Balaban J connectivity index is 1.99. The van der Waals surface area contributed by atoms with Crippen molar-refractivity contribution in [1.82, 2.24) is 4.90 Å². The third kappa shape index (κ3) is 1.96. The Bertz CT molecular complexity index is 513. The summed E-state index contributed by atoms with van der Waals surface area (Å²) in [5, 5.41) is 9.77. The van der Waals surface area contributed by atoms with Gasteiger partial charge in [-0.3, -0.25) is 9.69 Å². The van der Waals surface area contributed by atoms with Gasteiger partial charge in [-0.05, 0) is 56.2 Å². The van der Waals surface area contributed by atoms with Crippen molar-refractivity contribution in [3.05, 3.63) is 35.4 Å². The molecule has 1 aromatic carbocycles. The third-order valence-electron chi connectivity index (χ3n) is 5.24. The molecule has 1 aliphatic carbocycles. The average molecular weight is 273 g/mol. The van der Waals surface area contributed by atoms with Gasteiger partial charge in [0.25, 0.3) is 0 Å². The number of nitrogens with zero attached hydrogens (tertiary/aromatic N) is 1. The lowest BCUT2D eigenvalue weighted by molar-refractivity contribution is -0.151. The number of hydrogen-bond donors (Lipinski definition) is 1. The van der Waals surface area contributed by atoms with Crippen LogP contribution in [0.4, 0.5) is 0 Å². The molecule has 0 radical (unpaired) electrons. The molecular weight excluding hydrogens is 250 g/mol. The molecule has 0 aromatic heterocycles. The highest BCUT2D eigenvalue weighted by Gasteiger charge is 2.49. The predicted molar refractivity (Wildman–Crippen MR) is 78.7 cm³/mol. The molecule has 1 N–H and O–H groups in total. The Morgan fingerprint density at radius 2 is 2.20 bits per heavy atom. The largest absolute Gasteiger partial charge is 0.480 e. The molecule has 0 amide bonds. The van der Waals surface area contributed by atoms with E-state index < -0.39 is 11.5 Å². The molecule has 2 atom stereocenters. The van der Waals surface area contributed by atoms with Gasteiger partial charge >= 0.3 is 5.97 Å². The van der Waals surface area contributed by atoms with Crippen LogP contribution >= 0.6 is 0 Å². The van der Waals surface area contributed by atoms with Crippen LogP contribution in [0.3, 0.4) is 0 Å². The summed E-state index contributed by atoms with van der Waals surface area (Å²) >= 11 is 0. The number of hydrogen-bond acceptors (Lipinski definition) is 2. The minimum Gasteiger partial charge on any atom is -0.480 e. The number of aryl methyl sites for hydroxylation is 1. The summed E-state index contributed by atoms with van der Waals surface area (Å²) in [6, 6.07) is 8.86. The maximum absolute atomic E-state index is 11.9. The molecule has 0 saturated carbocycles. The van der Waals surface area contributed by atoms with Crippen LogP contribution < -0.4 is 0 Å². The SMILES string of the molecule is CCC1(C(=O)O)CCCN1C1CCCc2ccccc21. The van der Waals surface area contributed by atoms with Gasteiger partial charge in [-0.15, -0.1) is 0 Å². The van der Waals surface area contributed by atoms with Crippen LogP contribution in [0.5, 0.6) is 0 Å². The molecule has 2 unspecified atom stereocenters. The van der Waals surface area contributed by atoms with Crippen molar-refractivity contribution in [2.75, 3.05) is 6.54 Å². The van der Waals surface area contributed by atoms with Gasteiger partial charge in [0.2, 0.25) is 0 Å². The summed E-state index contributed by atoms with van der Waals surface area (Å²) in [7, 11) is 0. The maximum Gasteiger partial charge on any atom is 0.324 e. The van der Waals surface area contributed by atoms with Crippen molar-refractivity contribution in [2.24, 2.45) is 0 Å². The van der Waals surface area contributed by atoms with E-state index in [2.05, 4.69) is 29.2 Å². The van der Waals surface area contributed by atoms with Gasteiger partial charge in [0.15, 0.2) is 0 Å². The van der Waals surface area contributed by atoms with E-state index in [1.54, 1.807) is 0 Å². The average Bonchev–Trinajstić information content (AvgIpc) is 2.91. The van der Waals surface area contributed by atoms with E-state index >= 15 is 0 Å². The Morgan fingerprint density at radius 3 is 2.95 bits per heavy atom. The maximum atomic E-state index is 11.9. The number of carboxylic acids is 1. The minimum absolute atomic E-state index is 0.290. The fourth-order valence-corrected chi connectivity index (χ4v) is 4.17. The number of carboxylic acid groups (broad SMARTS) is 1. The number of benzene rings is 1. The van der Waals surface area contributed by atoms with Crippen LogP contribution in [0.1, 0.15) is 56.2 Å². The zero-order valence-corrected chi connectivity index (χ0v) is 12.1. The summed E-state index contributed by atoms with van der Waals surface area (Å²) in [6.45, 7) is 2.93. The molecule has 1 fully saturated rings. The van der Waals surface area contributed by atoms with Crippen molar-refractivity contribution >= 4 is 5.97 Å².